The first kappa shape index (κ1) is 22.7. The fourth-order valence-corrected chi connectivity index (χ4v) is 3.42. The van der Waals surface area contributed by atoms with Crippen molar-refractivity contribution in [1.29, 1.82) is 0 Å². The molecule has 1 saturated heterocycles. The molecule has 1 rings (SSSR count). The van der Waals surface area contributed by atoms with E-state index in [1.165, 1.54) is 0 Å². The number of nitrogens with one attached hydrogen (secondary N) is 1. The van der Waals surface area contributed by atoms with E-state index in [0.717, 1.165) is 19.4 Å². The normalized spacial score (nSPS) is 16.5. The van der Waals surface area contributed by atoms with Crippen molar-refractivity contribution >= 4 is 12.0 Å². The van der Waals surface area contributed by atoms with E-state index in [-0.39, 0.29) is 12.0 Å². The van der Waals surface area contributed by atoms with E-state index in [1.807, 2.05) is 20.8 Å². The van der Waals surface area contributed by atoms with Crippen LogP contribution in [0.3, 0.4) is 0 Å². The zero-order chi connectivity index (χ0) is 19.9. The summed E-state index contributed by atoms with van der Waals surface area (Å²) >= 11 is 0. The minimum Gasteiger partial charge on any atom is -0.444 e. The molecule has 0 radical (unpaired) electrons. The highest BCUT2D eigenvalue weighted by molar-refractivity contribution is 5.76. The fraction of sp³-hybridized carbons (Fsp3) is 0.900. The molecular weight excluding hydrogens is 330 g/mol. The lowest BCUT2D eigenvalue weighted by molar-refractivity contribution is -0.122. The first-order chi connectivity index (χ1) is 12.0. The lowest BCUT2D eigenvalue weighted by atomic mass is 9.93. The van der Waals surface area contributed by atoms with Crippen molar-refractivity contribution in [2.75, 3.05) is 26.2 Å². The maximum absolute atomic E-state index is 12.2. The van der Waals surface area contributed by atoms with Gasteiger partial charge < -0.3 is 15.0 Å². The molecule has 0 bridgehead atoms. The van der Waals surface area contributed by atoms with Crippen LogP contribution in [0.2, 0.25) is 0 Å². The van der Waals surface area contributed by atoms with Crippen LogP contribution in [0.5, 0.6) is 0 Å². The molecule has 0 saturated carbocycles. The summed E-state index contributed by atoms with van der Waals surface area (Å²) in [7, 11) is 0. The standard InChI is InChI=1S/C20H39N3O3/c1-15(2)23(16(3)4)13-10-21-18(24)14-17-8-11-22(12-9-17)19(25)26-20(5,6)7/h15-17H,8-14H2,1-7H3,(H,21,24). The van der Waals surface area contributed by atoms with Crippen molar-refractivity contribution in [3.63, 3.8) is 0 Å². The fourth-order valence-electron chi connectivity index (χ4n) is 3.42. The van der Waals surface area contributed by atoms with Crippen LogP contribution in [-0.4, -0.2) is 65.7 Å². The second kappa shape index (κ2) is 10.1. The summed E-state index contributed by atoms with van der Waals surface area (Å²) in [6.45, 7) is 17.2. The van der Waals surface area contributed by atoms with Gasteiger partial charge in [0.05, 0.1) is 0 Å². The Hall–Kier alpha value is -1.30. The summed E-state index contributed by atoms with van der Waals surface area (Å²) in [4.78, 5) is 28.4. The number of carbonyl (C=O) groups is 2. The van der Waals surface area contributed by atoms with E-state index in [1.54, 1.807) is 4.90 Å². The third kappa shape index (κ3) is 8.39. The van der Waals surface area contributed by atoms with Crippen LogP contribution in [0.1, 0.15) is 67.7 Å². The summed E-state index contributed by atoms with van der Waals surface area (Å²) in [6.07, 6.45) is 2.02. The Balaban J connectivity index is 2.28. The average molecular weight is 370 g/mol. The first-order valence-electron chi connectivity index (χ1n) is 10.00. The van der Waals surface area contributed by atoms with E-state index in [2.05, 4.69) is 37.9 Å². The van der Waals surface area contributed by atoms with Gasteiger partial charge in [0.2, 0.25) is 5.91 Å². The van der Waals surface area contributed by atoms with E-state index in [4.69, 9.17) is 4.74 Å². The number of amides is 2. The zero-order valence-corrected chi connectivity index (χ0v) is 17.8. The van der Waals surface area contributed by atoms with Crippen LogP contribution in [0, 0.1) is 5.92 Å². The predicted molar refractivity (Wildman–Crippen MR) is 105 cm³/mol. The second-order valence-corrected chi connectivity index (χ2v) is 8.89. The SMILES string of the molecule is CC(C)N(CCNC(=O)CC1CCN(C(=O)OC(C)(C)C)CC1)C(C)C. The Morgan fingerprint density at radius 2 is 1.65 bits per heavy atom. The number of likely N-dealkylation sites (tertiary alicyclic amines) is 1. The number of rotatable bonds is 7. The molecule has 0 spiro atoms. The molecule has 1 aliphatic rings. The molecule has 6 nitrogen and oxygen atoms in total. The topological polar surface area (TPSA) is 61.9 Å². The summed E-state index contributed by atoms with van der Waals surface area (Å²) < 4.78 is 5.41. The number of nitrogens with zero attached hydrogens (tertiary/aromatic N) is 2. The van der Waals surface area contributed by atoms with Crippen molar-refractivity contribution in [3.05, 3.63) is 0 Å². The molecule has 0 aromatic rings. The van der Waals surface area contributed by atoms with Crippen LogP contribution in [0.25, 0.3) is 0 Å². The Bertz CT molecular complexity index is 442. The summed E-state index contributed by atoms with van der Waals surface area (Å²) in [5.74, 6) is 0.466. The van der Waals surface area contributed by atoms with Crippen LogP contribution < -0.4 is 5.32 Å². The Morgan fingerprint density at radius 3 is 2.12 bits per heavy atom. The van der Waals surface area contributed by atoms with E-state index >= 15 is 0 Å². The van der Waals surface area contributed by atoms with Gasteiger partial charge in [-0.15, -0.1) is 0 Å². The van der Waals surface area contributed by atoms with E-state index < -0.39 is 5.60 Å². The lowest BCUT2D eigenvalue weighted by Gasteiger charge is -2.33. The van der Waals surface area contributed by atoms with Gasteiger partial charge in [-0.05, 0) is 67.2 Å². The summed E-state index contributed by atoms with van der Waals surface area (Å²) in [5.41, 5.74) is -0.465. The van der Waals surface area contributed by atoms with Gasteiger partial charge in [0.1, 0.15) is 5.60 Å². The monoisotopic (exact) mass is 369 g/mol. The zero-order valence-electron chi connectivity index (χ0n) is 17.8. The molecule has 0 atom stereocenters. The Labute approximate surface area is 159 Å². The quantitative estimate of drug-likeness (QED) is 0.748. The maximum Gasteiger partial charge on any atom is 0.410 e. The highest BCUT2D eigenvalue weighted by atomic mass is 16.6. The van der Waals surface area contributed by atoms with Crippen molar-refractivity contribution in [2.45, 2.75) is 85.4 Å². The highest BCUT2D eigenvalue weighted by Gasteiger charge is 2.27. The molecule has 1 N–H and O–H groups in total. The van der Waals surface area contributed by atoms with Gasteiger partial charge in [-0.3, -0.25) is 9.69 Å². The van der Waals surface area contributed by atoms with Gasteiger partial charge in [0.25, 0.3) is 0 Å². The van der Waals surface area contributed by atoms with Gasteiger partial charge in [0, 0.05) is 44.7 Å². The average Bonchev–Trinajstić information content (AvgIpc) is 2.49. The largest absolute Gasteiger partial charge is 0.444 e. The molecule has 1 aliphatic heterocycles. The molecule has 6 heteroatoms. The lowest BCUT2D eigenvalue weighted by Crippen LogP contribution is -2.44. The van der Waals surface area contributed by atoms with Gasteiger partial charge in [0.15, 0.2) is 0 Å². The van der Waals surface area contributed by atoms with Crippen molar-refractivity contribution < 1.29 is 14.3 Å². The number of hydrogen-bond donors (Lipinski definition) is 1. The molecule has 2 amide bonds. The predicted octanol–water partition coefficient (Wildman–Crippen LogP) is 3.26. The summed E-state index contributed by atoms with van der Waals surface area (Å²) in [5, 5.41) is 3.05. The molecule has 152 valence electrons. The van der Waals surface area contributed by atoms with Gasteiger partial charge in [-0.25, -0.2) is 4.79 Å². The molecule has 26 heavy (non-hydrogen) atoms. The molecular formula is C20H39N3O3. The molecule has 1 heterocycles. The number of carbonyl (C=O) groups excluding carboxylic acids is 2. The van der Waals surface area contributed by atoms with Gasteiger partial charge in [-0.1, -0.05) is 0 Å². The van der Waals surface area contributed by atoms with Crippen LogP contribution in [0.15, 0.2) is 0 Å². The molecule has 0 aliphatic carbocycles. The molecule has 0 aromatic carbocycles. The smallest absolute Gasteiger partial charge is 0.410 e. The molecule has 0 aromatic heterocycles. The minimum absolute atomic E-state index is 0.119. The summed E-state index contributed by atoms with van der Waals surface area (Å²) in [6, 6.07) is 0.952. The first-order valence-corrected chi connectivity index (χ1v) is 10.00. The highest BCUT2D eigenvalue weighted by Crippen LogP contribution is 2.22. The van der Waals surface area contributed by atoms with Crippen LogP contribution >= 0.6 is 0 Å². The maximum atomic E-state index is 12.2. The Kier molecular flexibility index (Phi) is 8.87. The van der Waals surface area contributed by atoms with Crippen LogP contribution in [-0.2, 0) is 9.53 Å². The van der Waals surface area contributed by atoms with Crippen molar-refractivity contribution in [1.82, 2.24) is 15.1 Å². The Morgan fingerprint density at radius 1 is 1.12 bits per heavy atom. The van der Waals surface area contributed by atoms with Crippen LogP contribution in [0.4, 0.5) is 4.79 Å². The van der Waals surface area contributed by atoms with Gasteiger partial charge >= 0.3 is 6.09 Å². The number of piperidine rings is 1. The molecule has 0 unspecified atom stereocenters. The number of ether oxygens (including phenoxy) is 1. The van der Waals surface area contributed by atoms with E-state index in [9.17, 15) is 9.59 Å². The second-order valence-electron chi connectivity index (χ2n) is 8.89. The molecule has 1 fully saturated rings. The third-order valence-corrected chi connectivity index (χ3v) is 4.76. The van der Waals surface area contributed by atoms with Gasteiger partial charge in [-0.2, -0.15) is 0 Å². The van der Waals surface area contributed by atoms with E-state index in [0.29, 0.717) is 44.1 Å². The minimum atomic E-state index is -0.465. The van der Waals surface area contributed by atoms with Crippen molar-refractivity contribution in [3.8, 4) is 0 Å². The van der Waals surface area contributed by atoms with Crippen molar-refractivity contribution in [2.24, 2.45) is 5.92 Å². The number of hydrogen-bond acceptors (Lipinski definition) is 4. The third-order valence-electron chi connectivity index (χ3n) is 4.76.